The molecular formula is C11H13BrFNO. The van der Waals surface area contributed by atoms with Gasteiger partial charge in [0.2, 0.25) is 5.91 Å². The fourth-order valence-corrected chi connectivity index (χ4v) is 1.48. The van der Waals surface area contributed by atoms with Gasteiger partial charge in [-0.25, -0.2) is 4.39 Å². The predicted octanol–water partition coefficient (Wildman–Crippen LogP) is 2.96. The molecule has 0 radical (unpaired) electrons. The van der Waals surface area contributed by atoms with E-state index in [0.717, 1.165) is 6.42 Å². The van der Waals surface area contributed by atoms with Crippen LogP contribution in [0.4, 0.5) is 10.1 Å². The maximum Gasteiger partial charge on any atom is 0.240 e. The Kier molecular flexibility index (Phi) is 4.27. The monoisotopic (exact) mass is 273 g/mol. The topological polar surface area (TPSA) is 20.3 Å². The number of nitrogens with zero attached hydrogens (tertiary/aromatic N) is 1. The van der Waals surface area contributed by atoms with Gasteiger partial charge >= 0.3 is 0 Å². The molecule has 0 aromatic heterocycles. The number of hydrogen-bond donors (Lipinski definition) is 0. The third kappa shape index (κ3) is 3.02. The fourth-order valence-electron chi connectivity index (χ4n) is 1.18. The van der Waals surface area contributed by atoms with Crippen LogP contribution in [0.3, 0.4) is 0 Å². The van der Waals surface area contributed by atoms with E-state index in [9.17, 15) is 9.18 Å². The van der Waals surface area contributed by atoms with Crippen molar-refractivity contribution in [1.82, 2.24) is 0 Å². The quantitative estimate of drug-likeness (QED) is 0.776. The van der Waals surface area contributed by atoms with Crippen molar-refractivity contribution in [2.75, 3.05) is 11.9 Å². The minimum atomic E-state index is -0.300. The molecule has 1 amide bonds. The van der Waals surface area contributed by atoms with Gasteiger partial charge in [-0.15, -0.1) is 0 Å². The first-order chi connectivity index (χ1) is 7.06. The first-order valence-electron chi connectivity index (χ1n) is 4.73. The van der Waals surface area contributed by atoms with Gasteiger partial charge in [0.1, 0.15) is 5.82 Å². The van der Waals surface area contributed by atoms with Crippen LogP contribution < -0.4 is 4.90 Å². The minimum Gasteiger partial charge on any atom is -0.315 e. The molecule has 0 fully saturated rings. The van der Waals surface area contributed by atoms with Crippen molar-refractivity contribution in [2.45, 2.75) is 18.2 Å². The molecule has 1 aromatic carbocycles. The number of benzene rings is 1. The number of carbonyl (C=O) groups is 1. The molecule has 0 bridgehead atoms. The molecule has 0 aliphatic heterocycles. The highest BCUT2D eigenvalue weighted by atomic mass is 79.9. The highest BCUT2D eigenvalue weighted by Crippen LogP contribution is 2.17. The van der Waals surface area contributed by atoms with Crippen molar-refractivity contribution in [3.05, 3.63) is 30.1 Å². The van der Waals surface area contributed by atoms with E-state index in [1.807, 2.05) is 6.92 Å². The lowest BCUT2D eigenvalue weighted by molar-refractivity contribution is -0.117. The molecule has 2 nitrogen and oxygen atoms in total. The summed E-state index contributed by atoms with van der Waals surface area (Å²) in [5, 5.41) is 0. The summed E-state index contributed by atoms with van der Waals surface area (Å²) >= 11 is 3.29. The average Bonchev–Trinajstić information content (AvgIpc) is 2.27. The van der Waals surface area contributed by atoms with Gasteiger partial charge in [-0.1, -0.05) is 22.9 Å². The summed E-state index contributed by atoms with van der Waals surface area (Å²) in [6.45, 7) is 1.93. The summed E-state index contributed by atoms with van der Waals surface area (Å²) in [5.74, 6) is -0.324. The molecule has 0 aliphatic rings. The van der Waals surface area contributed by atoms with Gasteiger partial charge in [0.25, 0.3) is 0 Å². The molecule has 0 heterocycles. The molecule has 15 heavy (non-hydrogen) atoms. The first kappa shape index (κ1) is 12.2. The smallest absolute Gasteiger partial charge is 0.240 e. The molecule has 4 heteroatoms. The van der Waals surface area contributed by atoms with E-state index in [1.54, 1.807) is 19.2 Å². The Morgan fingerprint density at radius 1 is 1.47 bits per heavy atom. The molecule has 1 aromatic rings. The zero-order valence-corrected chi connectivity index (χ0v) is 10.3. The second kappa shape index (κ2) is 5.26. The summed E-state index contributed by atoms with van der Waals surface area (Å²) < 4.78 is 12.7. The molecular weight excluding hydrogens is 261 g/mol. The van der Waals surface area contributed by atoms with Crippen molar-refractivity contribution < 1.29 is 9.18 Å². The molecule has 0 aliphatic carbocycles. The third-order valence-electron chi connectivity index (χ3n) is 2.17. The number of halogens is 2. The fraction of sp³-hybridized carbons (Fsp3) is 0.364. The third-order valence-corrected chi connectivity index (χ3v) is 3.21. The van der Waals surface area contributed by atoms with Crippen LogP contribution in [0, 0.1) is 5.82 Å². The Labute approximate surface area is 97.2 Å². The largest absolute Gasteiger partial charge is 0.315 e. The van der Waals surface area contributed by atoms with Gasteiger partial charge in [-0.05, 0) is 30.7 Å². The van der Waals surface area contributed by atoms with Crippen LogP contribution in [0.1, 0.15) is 13.3 Å². The van der Waals surface area contributed by atoms with E-state index in [-0.39, 0.29) is 16.6 Å². The van der Waals surface area contributed by atoms with Crippen LogP contribution in [0.15, 0.2) is 24.3 Å². The van der Waals surface area contributed by atoms with E-state index in [1.165, 1.54) is 17.0 Å². The average molecular weight is 274 g/mol. The van der Waals surface area contributed by atoms with Crippen molar-refractivity contribution in [3.63, 3.8) is 0 Å². The molecule has 0 N–H and O–H groups in total. The summed E-state index contributed by atoms with van der Waals surface area (Å²) in [5.41, 5.74) is 0.694. The molecule has 1 unspecified atom stereocenters. The van der Waals surface area contributed by atoms with Crippen LogP contribution in [0.25, 0.3) is 0 Å². The van der Waals surface area contributed by atoms with Crippen LogP contribution in [0.5, 0.6) is 0 Å². The Balaban J connectivity index is 2.80. The summed E-state index contributed by atoms with van der Waals surface area (Å²) in [4.78, 5) is 13.1. The van der Waals surface area contributed by atoms with Crippen molar-refractivity contribution in [3.8, 4) is 0 Å². The van der Waals surface area contributed by atoms with Crippen molar-refractivity contribution in [1.29, 1.82) is 0 Å². The Bertz CT molecular complexity index is 339. The lowest BCUT2D eigenvalue weighted by atomic mass is 10.2. The number of alkyl halides is 1. The predicted molar refractivity (Wildman–Crippen MR) is 62.8 cm³/mol. The lowest BCUT2D eigenvalue weighted by Gasteiger charge is -2.19. The molecule has 1 rings (SSSR count). The Morgan fingerprint density at radius 3 is 2.47 bits per heavy atom. The van der Waals surface area contributed by atoms with E-state index in [4.69, 9.17) is 0 Å². The summed E-state index contributed by atoms with van der Waals surface area (Å²) in [6, 6.07) is 5.85. The minimum absolute atomic E-state index is 0.0240. The molecule has 1 atom stereocenters. The van der Waals surface area contributed by atoms with Crippen molar-refractivity contribution in [2.24, 2.45) is 0 Å². The van der Waals surface area contributed by atoms with Gasteiger partial charge in [0.15, 0.2) is 0 Å². The lowest BCUT2D eigenvalue weighted by Crippen LogP contribution is -2.32. The van der Waals surface area contributed by atoms with Crippen LogP contribution in [-0.2, 0) is 4.79 Å². The second-order valence-corrected chi connectivity index (χ2v) is 4.35. The van der Waals surface area contributed by atoms with Gasteiger partial charge in [0, 0.05) is 12.7 Å². The second-order valence-electron chi connectivity index (χ2n) is 3.25. The number of rotatable bonds is 3. The number of hydrogen-bond acceptors (Lipinski definition) is 1. The maximum atomic E-state index is 12.7. The van der Waals surface area contributed by atoms with Gasteiger partial charge in [0.05, 0.1) is 4.83 Å². The normalized spacial score (nSPS) is 12.3. The first-order valence-corrected chi connectivity index (χ1v) is 5.65. The molecule has 82 valence electrons. The van der Waals surface area contributed by atoms with E-state index in [0.29, 0.717) is 5.69 Å². The van der Waals surface area contributed by atoms with Crippen LogP contribution in [-0.4, -0.2) is 17.8 Å². The number of carbonyl (C=O) groups excluding carboxylic acids is 1. The van der Waals surface area contributed by atoms with Gasteiger partial charge in [-0.3, -0.25) is 4.79 Å². The van der Waals surface area contributed by atoms with E-state index in [2.05, 4.69) is 15.9 Å². The zero-order chi connectivity index (χ0) is 11.4. The Hall–Kier alpha value is -0.900. The van der Waals surface area contributed by atoms with Crippen LogP contribution >= 0.6 is 15.9 Å². The molecule has 0 saturated carbocycles. The highest BCUT2D eigenvalue weighted by Gasteiger charge is 2.18. The van der Waals surface area contributed by atoms with Gasteiger partial charge in [-0.2, -0.15) is 0 Å². The number of anilines is 1. The van der Waals surface area contributed by atoms with Crippen molar-refractivity contribution >= 4 is 27.5 Å². The van der Waals surface area contributed by atoms with E-state index < -0.39 is 0 Å². The summed E-state index contributed by atoms with van der Waals surface area (Å²) in [6.07, 6.45) is 0.727. The van der Waals surface area contributed by atoms with E-state index >= 15 is 0 Å². The number of amides is 1. The zero-order valence-electron chi connectivity index (χ0n) is 8.71. The maximum absolute atomic E-state index is 12.7. The standard InChI is InChI=1S/C11H13BrFNO/c1-3-10(12)11(15)14(2)9-6-4-8(13)5-7-9/h4-7,10H,3H2,1-2H3. The summed E-state index contributed by atoms with van der Waals surface area (Å²) in [7, 11) is 1.68. The molecule has 0 spiro atoms. The van der Waals surface area contributed by atoms with Crippen LogP contribution in [0.2, 0.25) is 0 Å². The highest BCUT2D eigenvalue weighted by molar-refractivity contribution is 9.10. The van der Waals surface area contributed by atoms with Gasteiger partial charge < -0.3 is 4.90 Å². The molecule has 0 saturated heterocycles. The SMILES string of the molecule is CCC(Br)C(=O)N(C)c1ccc(F)cc1. The Morgan fingerprint density at radius 2 is 2.00 bits per heavy atom.